The van der Waals surface area contributed by atoms with Gasteiger partial charge in [0.25, 0.3) is 0 Å². The molecular weight excluding hydrogens is 255 g/mol. The quantitative estimate of drug-likeness (QED) is 0.913. The summed E-state index contributed by atoms with van der Waals surface area (Å²) in [5.74, 6) is 0.313. The molecule has 2 rings (SSSR count). The number of nitrogens with zero attached hydrogens (tertiary/aromatic N) is 2. The highest BCUT2D eigenvalue weighted by atomic mass is 32.1. The van der Waals surface area contributed by atoms with Crippen molar-refractivity contribution in [3.05, 3.63) is 5.01 Å². The lowest BCUT2D eigenvalue weighted by molar-refractivity contribution is -0.138. The molecule has 1 aromatic rings. The average Bonchev–Trinajstić information content (AvgIpc) is 2.82. The summed E-state index contributed by atoms with van der Waals surface area (Å²) in [5.41, 5.74) is 0. The zero-order chi connectivity index (χ0) is 12.5. The molecule has 1 aliphatic heterocycles. The summed E-state index contributed by atoms with van der Waals surface area (Å²) in [5, 5.41) is 8.73. The van der Waals surface area contributed by atoms with E-state index < -0.39 is 11.2 Å². The minimum absolute atomic E-state index is 0.137. The molecule has 0 aliphatic carbocycles. The molecule has 17 heavy (non-hydrogen) atoms. The number of hydrogen-bond donors (Lipinski definition) is 1. The Morgan fingerprint density at radius 3 is 2.76 bits per heavy atom. The summed E-state index contributed by atoms with van der Waals surface area (Å²) in [6.45, 7) is 3.23. The van der Waals surface area contributed by atoms with Crippen LogP contribution in [0, 0.1) is 5.92 Å². The van der Waals surface area contributed by atoms with Crippen LogP contribution in [0.25, 0.3) is 0 Å². The Kier molecular flexibility index (Phi) is 3.53. The molecule has 0 saturated carbocycles. The maximum atomic E-state index is 12.3. The molecule has 1 N–H and O–H groups in total. The highest BCUT2D eigenvalue weighted by Gasteiger charge is 2.35. The summed E-state index contributed by atoms with van der Waals surface area (Å²) >= 11 is 0.525. The van der Waals surface area contributed by atoms with Gasteiger partial charge in [0.1, 0.15) is 0 Å². The zero-order valence-electron chi connectivity index (χ0n) is 9.12. The Bertz CT molecular complexity index is 382. The minimum Gasteiger partial charge on any atom is -0.378 e. The molecule has 0 aromatic carbocycles. The summed E-state index contributed by atoms with van der Waals surface area (Å²) in [4.78, 5) is 0. The number of hydrogen-bond acceptors (Lipinski definition) is 5. The smallest absolute Gasteiger partial charge is 0.378 e. The molecule has 2 unspecified atom stereocenters. The number of rotatable bonds is 3. The molecule has 1 saturated heterocycles. The molecule has 0 bridgehead atoms. The molecular formula is C9H12F3N3OS. The van der Waals surface area contributed by atoms with Gasteiger partial charge < -0.3 is 10.1 Å². The maximum Gasteiger partial charge on any atom is 0.445 e. The normalized spacial score (nSPS) is 25.2. The third-order valence-corrected chi connectivity index (χ3v) is 3.64. The monoisotopic (exact) mass is 267 g/mol. The van der Waals surface area contributed by atoms with E-state index in [-0.39, 0.29) is 11.2 Å². The number of anilines is 1. The fourth-order valence-electron chi connectivity index (χ4n) is 1.67. The van der Waals surface area contributed by atoms with Gasteiger partial charge in [-0.05, 0) is 13.3 Å². The fraction of sp³-hybridized carbons (Fsp3) is 0.778. The van der Waals surface area contributed by atoms with Crippen molar-refractivity contribution in [3.8, 4) is 0 Å². The minimum atomic E-state index is -4.42. The third-order valence-electron chi connectivity index (χ3n) is 2.72. The van der Waals surface area contributed by atoms with Crippen LogP contribution in [-0.4, -0.2) is 29.5 Å². The van der Waals surface area contributed by atoms with E-state index in [0.717, 1.165) is 6.42 Å². The van der Waals surface area contributed by atoms with E-state index in [1.54, 1.807) is 0 Å². The fourth-order valence-corrected chi connectivity index (χ4v) is 2.29. The second kappa shape index (κ2) is 4.77. The lowest BCUT2D eigenvalue weighted by Crippen LogP contribution is -2.20. The van der Waals surface area contributed by atoms with Gasteiger partial charge in [-0.3, -0.25) is 0 Å². The molecule has 2 atom stereocenters. The van der Waals surface area contributed by atoms with Crippen LogP contribution in [0.15, 0.2) is 0 Å². The molecule has 4 nitrogen and oxygen atoms in total. The van der Waals surface area contributed by atoms with Crippen molar-refractivity contribution in [2.75, 3.05) is 18.5 Å². The van der Waals surface area contributed by atoms with Crippen LogP contribution in [-0.2, 0) is 10.9 Å². The second-order valence-corrected chi connectivity index (χ2v) is 4.89. The highest BCUT2D eigenvalue weighted by molar-refractivity contribution is 7.15. The van der Waals surface area contributed by atoms with Crippen LogP contribution in [0.1, 0.15) is 18.4 Å². The Hall–Kier alpha value is -0.890. The first kappa shape index (κ1) is 12.6. The first-order valence-corrected chi connectivity index (χ1v) is 6.04. The highest BCUT2D eigenvalue weighted by Crippen LogP contribution is 2.33. The summed E-state index contributed by atoms with van der Waals surface area (Å²) < 4.78 is 42.2. The van der Waals surface area contributed by atoms with Crippen molar-refractivity contribution in [2.45, 2.75) is 25.6 Å². The lowest BCUT2D eigenvalue weighted by atomic mass is 10.0. The van der Waals surface area contributed by atoms with Crippen LogP contribution in [0.3, 0.4) is 0 Å². The van der Waals surface area contributed by atoms with Gasteiger partial charge in [-0.15, -0.1) is 10.2 Å². The molecule has 0 radical (unpaired) electrons. The van der Waals surface area contributed by atoms with Crippen LogP contribution in [0.4, 0.5) is 18.3 Å². The topological polar surface area (TPSA) is 47.0 Å². The molecule has 1 aromatic heterocycles. The predicted octanol–water partition coefficient (Wildman–Crippen LogP) is 2.39. The molecule has 2 heterocycles. The van der Waals surface area contributed by atoms with Gasteiger partial charge in [0, 0.05) is 19.1 Å². The summed E-state index contributed by atoms with van der Waals surface area (Å²) in [6.07, 6.45) is -3.36. The van der Waals surface area contributed by atoms with Crippen LogP contribution in [0.2, 0.25) is 0 Å². The molecule has 0 spiro atoms. The Labute approximate surface area is 100 Å². The van der Waals surface area contributed by atoms with E-state index in [0.29, 0.717) is 30.4 Å². The number of nitrogens with one attached hydrogen (secondary N) is 1. The molecule has 8 heteroatoms. The van der Waals surface area contributed by atoms with Gasteiger partial charge in [0.05, 0.1) is 6.10 Å². The maximum absolute atomic E-state index is 12.3. The molecule has 96 valence electrons. The predicted molar refractivity (Wildman–Crippen MR) is 56.9 cm³/mol. The van der Waals surface area contributed by atoms with Gasteiger partial charge in [0.15, 0.2) is 0 Å². The first-order valence-electron chi connectivity index (χ1n) is 5.23. The van der Waals surface area contributed by atoms with Gasteiger partial charge in [-0.2, -0.15) is 13.2 Å². The van der Waals surface area contributed by atoms with Crippen molar-refractivity contribution in [2.24, 2.45) is 5.92 Å². The van der Waals surface area contributed by atoms with E-state index in [9.17, 15) is 13.2 Å². The van der Waals surface area contributed by atoms with E-state index in [2.05, 4.69) is 15.5 Å². The van der Waals surface area contributed by atoms with E-state index >= 15 is 0 Å². The van der Waals surface area contributed by atoms with Crippen molar-refractivity contribution in [1.82, 2.24) is 10.2 Å². The average molecular weight is 267 g/mol. The van der Waals surface area contributed by atoms with Crippen LogP contribution in [0.5, 0.6) is 0 Å². The molecule has 1 aliphatic rings. The van der Waals surface area contributed by atoms with E-state index in [4.69, 9.17) is 4.74 Å². The van der Waals surface area contributed by atoms with Crippen molar-refractivity contribution >= 4 is 16.5 Å². The van der Waals surface area contributed by atoms with Crippen molar-refractivity contribution < 1.29 is 17.9 Å². The Balaban J connectivity index is 1.89. The van der Waals surface area contributed by atoms with Gasteiger partial charge in [0.2, 0.25) is 10.1 Å². The summed E-state index contributed by atoms with van der Waals surface area (Å²) in [7, 11) is 0. The molecule has 0 amide bonds. The largest absolute Gasteiger partial charge is 0.445 e. The summed E-state index contributed by atoms with van der Waals surface area (Å²) in [6, 6.07) is 0. The second-order valence-electron chi connectivity index (χ2n) is 3.92. The van der Waals surface area contributed by atoms with Crippen LogP contribution < -0.4 is 5.32 Å². The van der Waals surface area contributed by atoms with Crippen molar-refractivity contribution in [1.29, 1.82) is 0 Å². The van der Waals surface area contributed by atoms with Crippen molar-refractivity contribution in [3.63, 3.8) is 0 Å². The Morgan fingerprint density at radius 1 is 1.47 bits per heavy atom. The lowest BCUT2D eigenvalue weighted by Gasteiger charge is -2.13. The van der Waals surface area contributed by atoms with E-state index in [1.807, 2.05) is 6.92 Å². The third kappa shape index (κ3) is 3.06. The SMILES string of the molecule is CC1OCCC1CNc1nnc(C(F)(F)F)s1. The van der Waals surface area contributed by atoms with Crippen LogP contribution >= 0.6 is 11.3 Å². The number of alkyl halides is 3. The first-order chi connectivity index (χ1) is 7.97. The number of halogens is 3. The number of ether oxygens (including phenoxy) is 1. The zero-order valence-corrected chi connectivity index (χ0v) is 9.94. The van der Waals surface area contributed by atoms with Gasteiger partial charge in [-0.1, -0.05) is 11.3 Å². The Morgan fingerprint density at radius 2 is 2.24 bits per heavy atom. The van der Waals surface area contributed by atoms with E-state index in [1.165, 1.54) is 0 Å². The van der Waals surface area contributed by atoms with Gasteiger partial charge >= 0.3 is 6.18 Å². The van der Waals surface area contributed by atoms with Gasteiger partial charge in [-0.25, -0.2) is 0 Å². The standard InChI is InChI=1S/C9H12F3N3OS/c1-5-6(2-3-16-5)4-13-8-15-14-7(17-8)9(10,11)12/h5-6H,2-4H2,1H3,(H,13,15). The number of aromatic nitrogens is 2. The molecule has 1 fully saturated rings.